The minimum atomic E-state index is 0.254. The Bertz CT molecular complexity index is 438. The summed E-state index contributed by atoms with van der Waals surface area (Å²) in [5.41, 5.74) is 11.4. The highest BCUT2D eigenvalue weighted by Crippen LogP contribution is 2.31. The van der Waals surface area contributed by atoms with Crippen LogP contribution in [0.3, 0.4) is 0 Å². The lowest BCUT2D eigenvalue weighted by Crippen LogP contribution is -2.36. The normalized spacial score (nSPS) is 23.3. The number of hydrogen-bond donors (Lipinski definition) is 2. The molecule has 0 aromatic carbocycles. The van der Waals surface area contributed by atoms with Crippen LogP contribution in [0.4, 0.5) is 17.6 Å². The molecule has 0 spiro atoms. The molecule has 0 unspecified atom stereocenters. The molecule has 4 N–H and O–H groups in total. The predicted molar refractivity (Wildman–Crippen MR) is 76.8 cm³/mol. The van der Waals surface area contributed by atoms with Crippen molar-refractivity contribution in [2.75, 3.05) is 43.0 Å². The standard InChI is InChI=1S/C13H22N6/c1-18(7-9-2-3-9)10-4-5-19(8-10)12-6-11(14)16-13(15)17-12/h6,9-10H,2-5,7-8H2,1H3,(H4,14,15,16,17)/t10-/m1/s1. The van der Waals surface area contributed by atoms with E-state index in [1.54, 1.807) is 6.07 Å². The van der Waals surface area contributed by atoms with Crippen LogP contribution in [0.2, 0.25) is 0 Å². The molecule has 2 aliphatic rings. The maximum Gasteiger partial charge on any atom is 0.223 e. The zero-order valence-electron chi connectivity index (χ0n) is 11.4. The third-order valence-electron chi connectivity index (χ3n) is 4.10. The molecule has 2 heterocycles. The van der Waals surface area contributed by atoms with Crippen LogP contribution in [-0.2, 0) is 0 Å². The van der Waals surface area contributed by atoms with Gasteiger partial charge in [-0.2, -0.15) is 9.97 Å². The molecule has 1 atom stereocenters. The summed E-state index contributed by atoms with van der Waals surface area (Å²) in [7, 11) is 2.23. The molecule has 2 fully saturated rings. The van der Waals surface area contributed by atoms with Crippen molar-refractivity contribution >= 4 is 17.6 Å². The average Bonchev–Trinajstić information content (AvgIpc) is 3.02. The van der Waals surface area contributed by atoms with Gasteiger partial charge in [-0.3, -0.25) is 0 Å². The van der Waals surface area contributed by atoms with E-state index in [1.807, 2.05) is 0 Å². The van der Waals surface area contributed by atoms with Crippen LogP contribution in [0.25, 0.3) is 0 Å². The Kier molecular flexibility index (Phi) is 3.18. The van der Waals surface area contributed by atoms with Gasteiger partial charge in [0.2, 0.25) is 5.95 Å². The highest BCUT2D eigenvalue weighted by Gasteiger charge is 2.30. The molecule has 1 saturated heterocycles. The molecule has 0 radical (unpaired) electrons. The van der Waals surface area contributed by atoms with Crippen LogP contribution in [0.5, 0.6) is 0 Å². The maximum absolute atomic E-state index is 5.73. The monoisotopic (exact) mass is 262 g/mol. The lowest BCUT2D eigenvalue weighted by Gasteiger charge is -2.25. The smallest absolute Gasteiger partial charge is 0.223 e. The van der Waals surface area contributed by atoms with Crippen LogP contribution in [0, 0.1) is 5.92 Å². The third-order valence-corrected chi connectivity index (χ3v) is 4.10. The van der Waals surface area contributed by atoms with Gasteiger partial charge in [0.05, 0.1) is 0 Å². The van der Waals surface area contributed by atoms with Crippen LogP contribution < -0.4 is 16.4 Å². The van der Waals surface area contributed by atoms with Gasteiger partial charge in [0.25, 0.3) is 0 Å². The van der Waals surface area contributed by atoms with Crippen LogP contribution in [0.15, 0.2) is 6.07 Å². The van der Waals surface area contributed by atoms with Crippen LogP contribution in [0.1, 0.15) is 19.3 Å². The van der Waals surface area contributed by atoms with Gasteiger partial charge in [-0.1, -0.05) is 0 Å². The van der Waals surface area contributed by atoms with E-state index in [-0.39, 0.29) is 5.95 Å². The zero-order chi connectivity index (χ0) is 13.4. The first kappa shape index (κ1) is 12.5. The zero-order valence-corrected chi connectivity index (χ0v) is 11.4. The minimum Gasteiger partial charge on any atom is -0.383 e. The van der Waals surface area contributed by atoms with E-state index in [4.69, 9.17) is 11.5 Å². The predicted octanol–water partition coefficient (Wildman–Crippen LogP) is 0.562. The topological polar surface area (TPSA) is 84.3 Å². The first-order chi connectivity index (χ1) is 9.11. The lowest BCUT2D eigenvalue weighted by atomic mass is 10.2. The molecule has 6 heteroatoms. The van der Waals surface area contributed by atoms with Crippen LogP contribution in [-0.4, -0.2) is 47.6 Å². The number of aromatic nitrogens is 2. The van der Waals surface area contributed by atoms with Crippen molar-refractivity contribution in [1.29, 1.82) is 0 Å². The Hall–Kier alpha value is -1.56. The third kappa shape index (κ3) is 2.89. The van der Waals surface area contributed by atoms with Crippen molar-refractivity contribution in [3.8, 4) is 0 Å². The quantitative estimate of drug-likeness (QED) is 0.825. The Balaban J connectivity index is 1.64. The van der Waals surface area contributed by atoms with E-state index in [1.165, 1.54) is 25.8 Å². The lowest BCUT2D eigenvalue weighted by molar-refractivity contribution is 0.249. The number of likely N-dealkylation sites (N-methyl/N-ethyl adjacent to an activating group) is 1. The second kappa shape index (κ2) is 4.85. The first-order valence-corrected chi connectivity index (χ1v) is 6.97. The minimum absolute atomic E-state index is 0.254. The van der Waals surface area contributed by atoms with Crippen molar-refractivity contribution in [2.24, 2.45) is 5.92 Å². The largest absolute Gasteiger partial charge is 0.383 e. The highest BCUT2D eigenvalue weighted by molar-refractivity contribution is 5.51. The van der Waals surface area contributed by atoms with E-state index < -0.39 is 0 Å². The molecular weight excluding hydrogens is 240 g/mol. The van der Waals surface area contributed by atoms with E-state index >= 15 is 0 Å². The fraction of sp³-hybridized carbons (Fsp3) is 0.692. The van der Waals surface area contributed by atoms with Crippen molar-refractivity contribution in [1.82, 2.24) is 14.9 Å². The number of rotatable bonds is 4. The number of nitrogens with two attached hydrogens (primary N) is 2. The molecule has 1 aromatic heterocycles. The summed E-state index contributed by atoms with van der Waals surface area (Å²) >= 11 is 0. The number of hydrogen-bond acceptors (Lipinski definition) is 6. The Morgan fingerprint density at radius 3 is 2.79 bits per heavy atom. The van der Waals surface area contributed by atoms with Gasteiger partial charge in [-0.25, -0.2) is 0 Å². The number of nitrogen functional groups attached to an aromatic ring is 2. The summed E-state index contributed by atoms with van der Waals surface area (Å²) in [5.74, 6) is 2.48. The van der Waals surface area contributed by atoms with Crippen molar-refractivity contribution in [2.45, 2.75) is 25.3 Å². The molecule has 1 aromatic rings. The van der Waals surface area contributed by atoms with Gasteiger partial charge in [0, 0.05) is 31.7 Å². The molecule has 19 heavy (non-hydrogen) atoms. The van der Waals surface area contributed by atoms with Crippen LogP contribution >= 0.6 is 0 Å². The molecule has 0 bridgehead atoms. The van der Waals surface area contributed by atoms with Crippen molar-refractivity contribution in [3.05, 3.63) is 6.07 Å². The second-order valence-electron chi connectivity index (χ2n) is 5.78. The summed E-state index contributed by atoms with van der Waals surface area (Å²) in [5, 5.41) is 0. The fourth-order valence-electron chi connectivity index (χ4n) is 2.80. The summed E-state index contributed by atoms with van der Waals surface area (Å²) in [6.07, 6.45) is 3.98. The Morgan fingerprint density at radius 1 is 1.32 bits per heavy atom. The molecule has 1 saturated carbocycles. The van der Waals surface area contributed by atoms with Gasteiger partial charge < -0.3 is 21.3 Å². The highest BCUT2D eigenvalue weighted by atomic mass is 15.3. The molecule has 0 amide bonds. The number of anilines is 3. The van der Waals surface area contributed by atoms with E-state index in [9.17, 15) is 0 Å². The van der Waals surface area contributed by atoms with E-state index in [0.717, 1.165) is 24.8 Å². The van der Waals surface area contributed by atoms with Gasteiger partial charge in [-0.15, -0.1) is 0 Å². The van der Waals surface area contributed by atoms with Gasteiger partial charge >= 0.3 is 0 Å². The van der Waals surface area contributed by atoms with E-state index in [0.29, 0.717) is 11.9 Å². The molecule has 104 valence electrons. The summed E-state index contributed by atoms with van der Waals surface area (Å²) in [6.45, 7) is 3.24. The summed E-state index contributed by atoms with van der Waals surface area (Å²) < 4.78 is 0. The SMILES string of the molecule is CN(CC1CC1)[C@@H]1CCN(c2cc(N)nc(N)n2)C1. The van der Waals surface area contributed by atoms with E-state index in [2.05, 4.69) is 26.8 Å². The fourth-order valence-corrected chi connectivity index (χ4v) is 2.80. The molecule has 3 rings (SSSR count). The van der Waals surface area contributed by atoms with Crippen molar-refractivity contribution < 1.29 is 0 Å². The number of nitrogens with zero attached hydrogens (tertiary/aromatic N) is 4. The second-order valence-corrected chi connectivity index (χ2v) is 5.78. The average molecular weight is 262 g/mol. The van der Waals surface area contributed by atoms with Gasteiger partial charge in [-0.05, 0) is 32.2 Å². The molecule has 1 aliphatic carbocycles. The maximum atomic E-state index is 5.73. The molecule has 1 aliphatic heterocycles. The van der Waals surface area contributed by atoms with Crippen molar-refractivity contribution in [3.63, 3.8) is 0 Å². The summed E-state index contributed by atoms with van der Waals surface area (Å²) in [6, 6.07) is 2.41. The summed E-state index contributed by atoms with van der Waals surface area (Å²) in [4.78, 5) is 12.9. The molecular formula is C13H22N6. The first-order valence-electron chi connectivity index (χ1n) is 6.97. The molecule has 6 nitrogen and oxygen atoms in total. The van der Waals surface area contributed by atoms with Gasteiger partial charge in [0.15, 0.2) is 0 Å². The Morgan fingerprint density at radius 2 is 2.11 bits per heavy atom. The Labute approximate surface area is 113 Å². The van der Waals surface area contributed by atoms with Gasteiger partial charge in [0.1, 0.15) is 11.6 Å².